The number of carbonyl (C=O) groups excluding carboxylic acids is 2. The fourth-order valence-corrected chi connectivity index (χ4v) is 2.38. The summed E-state index contributed by atoms with van der Waals surface area (Å²) in [4.78, 5) is 24.1. The van der Waals surface area contributed by atoms with Crippen molar-refractivity contribution in [1.82, 2.24) is 0 Å². The highest BCUT2D eigenvalue weighted by Crippen LogP contribution is 2.17. The number of nitriles is 1. The summed E-state index contributed by atoms with van der Waals surface area (Å²) in [5.41, 5.74) is 3.04. The fraction of sp³-hybridized carbons (Fsp3) is 0.190. The summed E-state index contributed by atoms with van der Waals surface area (Å²) in [5.74, 6) is -0.743. The molecule has 6 heteroatoms. The summed E-state index contributed by atoms with van der Waals surface area (Å²) in [6.07, 6.45) is 1.38. The number of methoxy groups -OCH3 is 1. The molecule has 2 aromatic carbocycles. The highest BCUT2D eigenvalue weighted by Gasteiger charge is 2.14. The number of rotatable bonds is 6. The number of esters is 1. The molecule has 1 N–H and O–H groups in total. The van der Waals surface area contributed by atoms with Gasteiger partial charge in [-0.1, -0.05) is 29.8 Å². The molecule has 0 saturated carbocycles. The molecule has 0 spiro atoms. The predicted molar refractivity (Wildman–Crippen MR) is 102 cm³/mol. The van der Waals surface area contributed by atoms with Gasteiger partial charge in [0.15, 0.2) is 6.61 Å². The first-order chi connectivity index (χ1) is 12.9. The third-order valence-corrected chi connectivity index (χ3v) is 3.74. The Bertz CT molecular complexity index is 926. The van der Waals surface area contributed by atoms with E-state index >= 15 is 0 Å². The zero-order chi connectivity index (χ0) is 19.8. The van der Waals surface area contributed by atoms with Crippen LogP contribution in [-0.4, -0.2) is 25.6 Å². The van der Waals surface area contributed by atoms with Crippen molar-refractivity contribution in [3.8, 4) is 11.8 Å². The lowest BCUT2D eigenvalue weighted by molar-refractivity contribution is -0.142. The summed E-state index contributed by atoms with van der Waals surface area (Å²) in [7, 11) is 1.52. The Morgan fingerprint density at radius 1 is 1.19 bits per heavy atom. The van der Waals surface area contributed by atoms with Gasteiger partial charge in [0.05, 0.1) is 7.11 Å². The molecule has 2 rings (SSSR count). The lowest BCUT2D eigenvalue weighted by atomic mass is 10.1. The molecule has 0 heterocycles. The van der Waals surface area contributed by atoms with E-state index in [0.717, 1.165) is 11.1 Å². The molecule has 0 aliphatic heterocycles. The predicted octanol–water partition coefficient (Wildman–Crippen LogP) is 3.40. The summed E-state index contributed by atoms with van der Waals surface area (Å²) in [6.45, 7) is 3.35. The smallest absolute Gasteiger partial charge is 0.349 e. The maximum Gasteiger partial charge on any atom is 0.349 e. The molecule has 0 aliphatic carbocycles. The van der Waals surface area contributed by atoms with Crippen LogP contribution in [-0.2, 0) is 14.3 Å². The molecule has 138 valence electrons. The van der Waals surface area contributed by atoms with E-state index in [4.69, 9.17) is 9.47 Å². The minimum atomic E-state index is -0.865. The first-order valence-corrected chi connectivity index (χ1v) is 8.23. The molecule has 2 aromatic rings. The van der Waals surface area contributed by atoms with Gasteiger partial charge in [0.25, 0.3) is 5.91 Å². The molecule has 0 atom stereocenters. The molecule has 6 nitrogen and oxygen atoms in total. The van der Waals surface area contributed by atoms with Crippen LogP contribution in [0.5, 0.6) is 5.75 Å². The number of amides is 1. The highest BCUT2D eigenvalue weighted by molar-refractivity contribution is 6.00. The molecule has 0 aromatic heterocycles. The summed E-state index contributed by atoms with van der Waals surface area (Å²) in [6, 6.07) is 14.3. The third-order valence-electron chi connectivity index (χ3n) is 3.74. The van der Waals surface area contributed by atoms with Crippen molar-refractivity contribution in [1.29, 1.82) is 5.26 Å². The van der Waals surface area contributed by atoms with Crippen LogP contribution < -0.4 is 10.1 Å². The molecule has 0 saturated heterocycles. The number of anilines is 1. The topological polar surface area (TPSA) is 88.4 Å². The second-order valence-corrected chi connectivity index (χ2v) is 5.89. The molecule has 0 radical (unpaired) electrons. The summed E-state index contributed by atoms with van der Waals surface area (Å²) in [5, 5.41) is 11.9. The molecule has 0 aliphatic rings. The number of benzene rings is 2. The average molecular weight is 364 g/mol. The van der Waals surface area contributed by atoms with Gasteiger partial charge < -0.3 is 14.8 Å². The fourth-order valence-electron chi connectivity index (χ4n) is 2.38. The van der Waals surface area contributed by atoms with Gasteiger partial charge in [-0.25, -0.2) is 4.79 Å². The van der Waals surface area contributed by atoms with Crippen molar-refractivity contribution in [3.05, 3.63) is 64.7 Å². The summed E-state index contributed by atoms with van der Waals surface area (Å²) < 4.78 is 10.1. The van der Waals surface area contributed by atoms with Crippen molar-refractivity contribution in [2.75, 3.05) is 19.0 Å². The van der Waals surface area contributed by atoms with Gasteiger partial charge in [-0.3, -0.25) is 4.79 Å². The molecule has 0 fully saturated rings. The quantitative estimate of drug-likeness (QED) is 0.482. The van der Waals surface area contributed by atoms with Gasteiger partial charge in [0.2, 0.25) is 0 Å². The van der Waals surface area contributed by atoms with Gasteiger partial charge in [0, 0.05) is 5.69 Å². The van der Waals surface area contributed by atoms with Crippen LogP contribution >= 0.6 is 0 Å². The van der Waals surface area contributed by atoms with Crippen LogP contribution in [0.2, 0.25) is 0 Å². The number of hydrogen-bond donors (Lipinski definition) is 1. The normalized spacial score (nSPS) is 10.7. The first-order valence-electron chi connectivity index (χ1n) is 8.23. The van der Waals surface area contributed by atoms with E-state index in [1.54, 1.807) is 36.4 Å². The van der Waals surface area contributed by atoms with E-state index in [2.05, 4.69) is 5.32 Å². The Morgan fingerprint density at radius 3 is 2.63 bits per heavy atom. The minimum absolute atomic E-state index is 0.206. The molecular weight excluding hydrogens is 344 g/mol. The van der Waals surface area contributed by atoms with Crippen LogP contribution in [0.1, 0.15) is 16.7 Å². The molecular formula is C21H20N2O4. The SMILES string of the molecule is COc1cccc(/C=C(\C#N)C(=O)OCC(=O)Nc2ccc(C)cc2C)c1. The number of nitrogens with zero attached hydrogens (tertiary/aromatic N) is 1. The van der Waals surface area contributed by atoms with Gasteiger partial charge >= 0.3 is 5.97 Å². The Morgan fingerprint density at radius 2 is 1.96 bits per heavy atom. The molecule has 0 bridgehead atoms. The standard InChI is InChI=1S/C21H20N2O4/c1-14-7-8-19(15(2)9-14)23-20(24)13-27-21(25)17(12-22)10-16-5-4-6-18(11-16)26-3/h4-11H,13H2,1-3H3,(H,23,24)/b17-10+. The zero-order valence-electron chi connectivity index (χ0n) is 15.4. The molecule has 1 amide bonds. The number of carbonyl (C=O) groups is 2. The van der Waals surface area contributed by atoms with Crippen molar-refractivity contribution < 1.29 is 19.1 Å². The summed E-state index contributed by atoms with van der Waals surface area (Å²) >= 11 is 0. The van der Waals surface area contributed by atoms with Crippen molar-refractivity contribution in [2.45, 2.75) is 13.8 Å². The Hall–Kier alpha value is -3.59. The van der Waals surface area contributed by atoms with E-state index in [1.807, 2.05) is 26.0 Å². The largest absolute Gasteiger partial charge is 0.497 e. The van der Waals surface area contributed by atoms with Crippen LogP contribution in [0.15, 0.2) is 48.0 Å². The Labute approximate surface area is 158 Å². The zero-order valence-corrected chi connectivity index (χ0v) is 15.4. The van der Waals surface area contributed by atoms with Crippen molar-refractivity contribution in [2.24, 2.45) is 0 Å². The van der Waals surface area contributed by atoms with E-state index < -0.39 is 18.5 Å². The highest BCUT2D eigenvalue weighted by atomic mass is 16.5. The molecule has 0 unspecified atom stereocenters. The van der Waals surface area contributed by atoms with E-state index in [1.165, 1.54) is 13.2 Å². The Balaban J connectivity index is 1.99. The second-order valence-electron chi connectivity index (χ2n) is 5.89. The second kappa shape index (κ2) is 9.20. The lowest BCUT2D eigenvalue weighted by Crippen LogP contribution is -2.21. The number of ether oxygens (including phenoxy) is 2. The minimum Gasteiger partial charge on any atom is -0.497 e. The van der Waals surface area contributed by atoms with Crippen LogP contribution in [0.3, 0.4) is 0 Å². The van der Waals surface area contributed by atoms with Crippen molar-refractivity contribution in [3.63, 3.8) is 0 Å². The van der Waals surface area contributed by atoms with E-state index in [9.17, 15) is 14.9 Å². The van der Waals surface area contributed by atoms with Crippen LogP contribution in [0.4, 0.5) is 5.69 Å². The first kappa shape index (κ1) is 19.7. The van der Waals surface area contributed by atoms with E-state index in [-0.39, 0.29) is 5.57 Å². The maximum absolute atomic E-state index is 12.1. The van der Waals surface area contributed by atoms with Gasteiger partial charge in [-0.05, 0) is 49.2 Å². The van der Waals surface area contributed by atoms with Crippen LogP contribution in [0, 0.1) is 25.2 Å². The van der Waals surface area contributed by atoms with Crippen LogP contribution in [0.25, 0.3) is 6.08 Å². The van der Waals surface area contributed by atoms with Crippen molar-refractivity contribution >= 4 is 23.6 Å². The third kappa shape index (κ3) is 5.72. The van der Waals surface area contributed by atoms with Gasteiger partial charge in [-0.2, -0.15) is 5.26 Å². The average Bonchev–Trinajstić information content (AvgIpc) is 2.66. The maximum atomic E-state index is 12.1. The Kier molecular flexibility index (Phi) is 6.73. The van der Waals surface area contributed by atoms with E-state index in [0.29, 0.717) is 17.0 Å². The number of nitrogens with one attached hydrogen (secondary N) is 1. The number of hydrogen-bond acceptors (Lipinski definition) is 5. The van der Waals surface area contributed by atoms with Gasteiger partial charge in [-0.15, -0.1) is 0 Å². The van der Waals surface area contributed by atoms with Gasteiger partial charge in [0.1, 0.15) is 17.4 Å². The number of aryl methyl sites for hydroxylation is 2. The lowest BCUT2D eigenvalue weighted by Gasteiger charge is -2.09. The monoisotopic (exact) mass is 364 g/mol. The molecule has 27 heavy (non-hydrogen) atoms.